The van der Waals surface area contributed by atoms with Gasteiger partial charge in [0.2, 0.25) is 11.8 Å². The van der Waals surface area contributed by atoms with E-state index >= 15 is 0 Å². The average molecular weight is 663 g/mol. The van der Waals surface area contributed by atoms with E-state index in [1.54, 1.807) is 30.3 Å². The Balaban J connectivity index is 1.82. The Kier molecular flexibility index (Phi) is 10.8. The Labute approximate surface area is 262 Å². The third-order valence-corrected chi connectivity index (χ3v) is 9.59. The molecule has 0 spiro atoms. The predicted octanol–water partition coefficient (Wildman–Crippen LogP) is 6.04. The minimum absolute atomic E-state index is 0.0757. The highest BCUT2D eigenvalue weighted by molar-refractivity contribution is 9.10. The van der Waals surface area contributed by atoms with Gasteiger partial charge < -0.3 is 10.2 Å². The van der Waals surface area contributed by atoms with Crippen LogP contribution in [-0.4, -0.2) is 44.3 Å². The van der Waals surface area contributed by atoms with Gasteiger partial charge in [-0.05, 0) is 73.4 Å². The molecular formula is C34H36BrN3O4S. The number of anilines is 1. The molecular weight excluding hydrogens is 626 g/mol. The Morgan fingerprint density at radius 1 is 0.837 bits per heavy atom. The molecule has 9 heteroatoms. The zero-order chi connectivity index (χ0) is 31.0. The fourth-order valence-electron chi connectivity index (χ4n) is 4.92. The van der Waals surface area contributed by atoms with Crippen molar-refractivity contribution >= 4 is 43.5 Å². The molecule has 4 aromatic rings. The van der Waals surface area contributed by atoms with E-state index < -0.39 is 28.5 Å². The molecule has 0 bridgehead atoms. The topological polar surface area (TPSA) is 86.8 Å². The zero-order valence-corrected chi connectivity index (χ0v) is 26.9. The van der Waals surface area contributed by atoms with E-state index in [4.69, 9.17) is 0 Å². The maximum atomic E-state index is 14.5. The smallest absolute Gasteiger partial charge is 0.264 e. The second-order valence-corrected chi connectivity index (χ2v) is 13.1. The molecule has 0 aliphatic rings. The van der Waals surface area contributed by atoms with E-state index in [0.717, 1.165) is 31.0 Å². The van der Waals surface area contributed by atoms with Crippen LogP contribution in [0.2, 0.25) is 0 Å². The lowest BCUT2D eigenvalue weighted by Gasteiger charge is -2.34. The summed E-state index contributed by atoms with van der Waals surface area (Å²) < 4.78 is 30.2. The quantitative estimate of drug-likeness (QED) is 0.201. The summed E-state index contributed by atoms with van der Waals surface area (Å²) in [5.41, 5.74) is 3.74. The van der Waals surface area contributed by atoms with Crippen LogP contribution in [0.5, 0.6) is 0 Å². The molecule has 43 heavy (non-hydrogen) atoms. The number of rotatable bonds is 12. The van der Waals surface area contributed by atoms with Crippen molar-refractivity contribution in [2.75, 3.05) is 17.4 Å². The highest BCUT2D eigenvalue weighted by Crippen LogP contribution is 2.29. The second kappa shape index (κ2) is 14.5. The number of likely N-dealkylation sites (N-methyl/N-ethyl adjacent to an activating group) is 1. The Morgan fingerprint density at radius 2 is 1.47 bits per heavy atom. The first-order valence-corrected chi connectivity index (χ1v) is 16.3. The monoisotopic (exact) mass is 661 g/mol. The van der Waals surface area contributed by atoms with Crippen molar-refractivity contribution in [1.82, 2.24) is 10.2 Å². The first-order chi connectivity index (χ1) is 20.6. The number of hydrogen-bond donors (Lipinski definition) is 1. The lowest BCUT2D eigenvalue weighted by Crippen LogP contribution is -2.53. The maximum absolute atomic E-state index is 14.5. The first-order valence-electron chi connectivity index (χ1n) is 14.1. The van der Waals surface area contributed by atoms with Gasteiger partial charge in [-0.25, -0.2) is 8.42 Å². The number of carbonyl (C=O) groups excluding carboxylic acids is 2. The number of aryl methyl sites for hydroxylation is 1. The molecule has 4 aromatic carbocycles. The second-order valence-electron chi connectivity index (χ2n) is 10.3. The van der Waals surface area contributed by atoms with Crippen molar-refractivity contribution in [2.45, 2.75) is 44.7 Å². The van der Waals surface area contributed by atoms with Crippen LogP contribution in [0.4, 0.5) is 5.69 Å². The fraction of sp³-hybridized carbons (Fsp3) is 0.235. The third kappa shape index (κ3) is 7.91. The molecule has 0 saturated heterocycles. The standard InChI is InChI=1S/C34H36BrN3O4S/c1-4-36-34(40)32(22-27-14-7-5-8-15-27)37(23-28-16-12-17-29(35)21-28)33(39)24-38(31-20-11-13-25(2)26(31)3)43(41,42)30-18-9-6-10-19-30/h5-21,32H,4,22-24H2,1-3H3,(H,36,40)/t32-/m1/s1. The van der Waals surface area contributed by atoms with Gasteiger partial charge in [0.25, 0.3) is 10.0 Å². The number of sulfonamides is 1. The van der Waals surface area contributed by atoms with Crippen molar-refractivity contribution in [3.8, 4) is 0 Å². The van der Waals surface area contributed by atoms with Gasteiger partial charge in [0.1, 0.15) is 12.6 Å². The summed E-state index contributed by atoms with van der Waals surface area (Å²) in [6, 6.07) is 29.6. The summed E-state index contributed by atoms with van der Waals surface area (Å²) in [6.07, 6.45) is 0.265. The molecule has 224 valence electrons. The summed E-state index contributed by atoms with van der Waals surface area (Å²) in [7, 11) is -4.14. The van der Waals surface area contributed by atoms with Crippen molar-refractivity contribution in [3.63, 3.8) is 0 Å². The van der Waals surface area contributed by atoms with E-state index in [-0.39, 0.29) is 23.8 Å². The van der Waals surface area contributed by atoms with Crippen LogP contribution in [0, 0.1) is 13.8 Å². The summed E-state index contributed by atoms with van der Waals surface area (Å²) in [4.78, 5) is 29.6. The number of benzene rings is 4. The van der Waals surface area contributed by atoms with E-state index in [1.165, 1.54) is 17.0 Å². The fourth-order valence-corrected chi connectivity index (χ4v) is 6.86. The van der Waals surface area contributed by atoms with Gasteiger partial charge in [-0.3, -0.25) is 13.9 Å². The Bertz CT molecular complexity index is 1660. The van der Waals surface area contributed by atoms with E-state index in [1.807, 2.05) is 81.4 Å². The van der Waals surface area contributed by atoms with E-state index in [9.17, 15) is 18.0 Å². The summed E-state index contributed by atoms with van der Waals surface area (Å²) >= 11 is 3.50. The maximum Gasteiger partial charge on any atom is 0.264 e. The van der Waals surface area contributed by atoms with Crippen molar-refractivity contribution in [2.24, 2.45) is 0 Å². The number of nitrogens with zero attached hydrogens (tertiary/aromatic N) is 2. The molecule has 1 atom stereocenters. The van der Waals surface area contributed by atoms with Gasteiger partial charge in [-0.15, -0.1) is 0 Å². The van der Waals surface area contributed by atoms with Crippen LogP contribution >= 0.6 is 15.9 Å². The minimum Gasteiger partial charge on any atom is -0.355 e. The lowest BCUT2D eigenvalue weighted by atomic mass is 10.0. The highest BCUT2D eigenvalue weighted by atomic mass is 79.9. The van der Waals surface area contributed by atoms with Crippen LogP contribution < -0.4 is 9.62 Å². The molecule has 0 aromatic heterocycles. The highest BCUT2D eigenvalue weighted by Gasteiger charge is 2.35. The zero-order valence-electron chi connectivity index (χ0n) is 24.5. The van der Waals surface area contributed by atoms with E-state index in [2.05, 4.69) is 21.2 Å². The Hall–Kier alpha value is -3.95. The molecule has 0 unspecified atom stereocenters. The summed E-state index contributed by atoms with van der Waals surface area (Å²) in [5.74, 6) is -0.800. The van der Waals surface area contributed by atoms with Gasteiger partial charge in [-0.1, -0.05) is 88.7 Å². The van der Waals surface area contributed by atoms with Crippen LogP contribution in [0.1, 0.15) is 29.2 Å². The predicted molar refractivity (Wildman–Crippen MR) is 174 cm³/mol. The molecule has 4 rings (SSSR count). The number of amides is 2. The van der Waals surface area contributed by atoms with Gasteiger partial charge in [-0.2, -0.15) is 0 Å². The number of nitrogens with one attached hydrogen (secondary N) is 1. The summed E-state index contributed by atoms with van der Waals surface area (Å²) in [5, 5.41) is 2.88. The molecule has 0 radical (unpaired) electrons. The minimum atomic E-state index is -4.14. The van der Waals surface area contributed by atoms with Crippen molar-refractivity contribution in [3.05, 3.63) is 130 Å². The van der Waals surface area contributed by atoms with Crippen molar-refractivity contribution in [1.29, 1.82) is 0 Å². The molecule has 0 aliphatic heterocycles. The molecule has 0 saturated carbocycles. The average Bonchev–Trinajstić information content (AvgIpc) is 3.00. The normalized spacial score (nSPS) is 11.9. The van der Waals surface area contributed by atoms with Gasteiger partial charge in [0.05, 0.1) is 10.6 Å². The molecule has 0 heterocycles. The largest absolute Gasteiger partial charge is 0.355 e. The van der Waals surface area contributed by atoms with Crippen LogP contribution in [0.25, 0.3) is 0 Å². The number of halogens is 1. The Morgan fingerprint density at radius 3 is 2.12 bits per heavy atom. The lowest BCUT2D eigenvalue weighted by molar-refractivity contribution is -0.140. The molecule has 0 fully saturated rings. The number of hydrogen-bond acceptors (Lipinski definition) is 4. The molecule has 0 aliphatic carbocycles. The molecule has 2 amide bonds. The first kappa shape index (κ1) is 32.0. The van der Waals surface area contributed by atoms with Crippen LogP contribution in [-0.2, 0) is 32.6 Å². The third-order valence-electron chi connectivity index (χ3n) is 7.32. The van der Waals surface area contributed by atoms with Crippen molar-refractivity contribution < 1.29 is 18.0 Å². The summed E-state index contributed by atoms with van der Waals surface area (Å²) in [6.45, 7) is 5.58. The van der Waals surface area contributed by atoms with Gasteiger partial charge in [0.15, 0.2) is 0 Å². The van der Waals surface area contributed by atoms with Crippen LogP contribution in [0.15, 0.2) is 112 Å². The molecule has 1 N–H and O–H groups in total. The molecule has 7 nitrogen and oxygen atoms in total. The van der Waals surface area contributed by atoms with Gasteiger partial charge >= 0.3 is 0 Å². The van der Waals surface area contributed by atoms with Gasteiger partial charge in [0, 0.05) is 24.0 Å². The van der Waals surface area contributed by atoms with Crippen LogP contribution in [0.3, 0.4) is 0 Å². The SMILES string of the molecule is CCNC(=O)[C@@H](Cc1ccccc1)N(Cc1cccc(Br)c1)C(=O)CN(c1cccc(C)c1C)S(=O)(=O)c1ccccc1. The number of carbonyl (C=O) groups is 2. The van der Waals surface area contributed by atoms with E-state index in [0.29, 0.717) is 12.2 Å².